The number of nitrogens with one attached hydrogen (secondary N) is 1. The Morgan fingerprint density at radius 3 is 2.34 bits per heavy atom. The van der Waals surface area contributed by atoms with Crippen molar-refractivity contribution in [2.24, 2.45) is 0 Å². The quantitative estimate of drug-likeness (QED) is 0.393. The highest BCUT2D eigenvalue weighted by Crippen LogP contribution is 2.37. The van der Waals surface area contributed by atoms with Crippen LogP contribution in [0.1, 0.15) is 42.6 Å². The number of amides is 1. The number of carbonyl (C=O) groups is 2. The molecule has 170 valence electrons. The van der Waals surface area contributed by atoms with Crippen molar-refractivity contribution in [1.29, 1.82) is 0 Å². The molecule has 9 nitrogen and oxygen atoms in total. The first kappa shape index (κ1) is 23.2. The van der Waals surface area contributed by atoms with Gasteiger partial charge in [-0.05, 0) is 50.5 Å². The van der Waals surface area contributed by atoms with Crippen molar-refractivity contribution >= 4 is 23.3 Å². The Labute approximate surface area is 185 Å². The van der Waals surface area contributed by atoms with Gasteiger partial charge in [0.2, 0.25) is 5.91 Å². The molecule has 1 aliphatic heterocycles. The summed E-state index contributed by atoms with van der Waals surface area (Å²) in [5.41, 5.74) is 0.345. The molecule has 1 fully saturated rings. The van der Waals surface area contributed by atoms with Crippen LogP contribution in [0, 0.1) is 10.1 Å². The fraction of sp³-hybridized carbons (Fsp3) is 0.391. The molecule has 1 aliphatic rings. The second-order valence-corrected chi connectivity index (χ2v) is 7.82. The predicted octanol–water partition coefficient (Wildman–Crippen LogP) is 3.86. The van der Waals surface area contributed by atoms with E-state index in [-0.39, 0.29) is 23.3 Å². The lowest BCUT2D eigenvalue weighted by atomic mass is 9.73. The molecule has 1 N–H and O–H groups in total. The second-order valence-electron chi connectivity index (χ2n) is 7.82. The van der Waals surface area contributed by atoms with E-state index in [9.17, 15) is 19.7 Å². The summed E-state index contributed by atoms with van der Waals surface area (Å²) in [5, 5.41) is 13.9. The third kappa shape index (κ3) is 4.88. The fourth-order valence-corrected chi connectivity index (χ4v) is 3.75. The summed E-state index contributed by atoms with van der Waals surface area (Å²) >= 11 is 0. The first-order chi connectivity index (χ1) is 15.3. The first-order valence-electron chi connectivity index (χ1n) is 10.3. The number of esters is 1. The van der Waals surface area contributed by atoms with E-state index in [4.69, 9.17) is 14.2 Å². The lowest BCUT2D eigenvalue weighted by Gasteiger charge is -2.36. The zero-order chi connectivity index (χ0) is 23.3. The summed E-state index contributed by atoms with van der Waals surface area (Å²) in [7, 11) is 1.28. The van der Waals surface area contributed by atoms with E-state index in [1.807, 2.05) is 13.8 Å². The molecule has 0 aromatic heterocycles. The van der Waals surface area contributed by atoms with Crippen LogP contribution in [-0.2, 0) is 19.7 Å². The number of hydrogen-bond donors (Lipinski definition) is 1. The molecular weight excluding hydrogens is 416 g/mol. The number of non-ortho nitro benzene ring substituents is 1. The van der Waals surface area contributed by atoms with Crippen molar-refractivity contribution in [1.82, 2.24) is 0 Å². The van der Waals surface area contributed by atoms with Crippen LogP contribution in [-0.4, -0.2) is 43.2 Å². The van der Waals surface area contributed by atoms with Gasteiger partial charge in [-0.25, -0.2) is 4.79 Å². The Kier molecular flexibility index (Phi) is 7.09. The number of ether oxygens (including phenoxy) is 3. The van der Waals surface area contributed by atoms with Crippen LogP contribution < -0.4 is 10.1 Å². The third-order valence-corrected chi connectivity index (χ3v) is 5.42. The Hall–Kier alpha value is -3.46. The van der Waals surface area contributed by atoms with E-state index < -0.39 is 16.3 Å². The summed E-state index contributed by atoms with van der Waals surface area (Å²) in [6.07, 6.45) is 0.705. The normalized spacial score (nSPS) is 15.1. The molecule has 1 heterocycles. The number of rotatable bonds is 7. The fourth-order valence-electron chi connectivity index (χ4n) is 3.75. The zero-order valence-electron chi connectivity index (χ0n) is 18.3. The van der Waals surface area contributed by atoms with Gasteiger partial charge in [0, 0.05) is 31.0 Å². The molecule has 9 heteroatoms. The molecule has 0 radical (unpaired) electrons. The molecule has 0 bridgehead atoms. The minimum Gasteiger partial charge on any atom is -0.490 e. The van der Waals surface area contributed by atoms with Crippen molar-refractivity contribution in [2.45, 2.75) is 38.2 Å². The van der Waals surface area contributed by atoms with Crippen molar-refractivity contribution in [3.63, 3.8) is 0 Å². The molecule has 1 amide bonds. The molecule has 2 aromatic rings. The van der Waals surface area contributed by atoms with Crippen LogP contribution in [0.2, 0.25) is 0 Å². The van der Waals surface area contributed by atoms with Gasteiger partial charge in [0.25, 0.3) is 5.69 Å². The summed E-state index contributed by atoms with van der Waals surface area (Å²) < 4.78 is 16.0. The van der Waals surface area contributed by atoms with Gasteiger partial charge in [0.05, 0.1) is 23.6 Å². The number of hydrogen-bond acceptors (Lipinski definition) is 7. The maximum Gasteiger partial charge on any atom is 0.341 e. The standard InChI is InChI=1S/C23H26N2O7/c1-15(2)32-20-9-6-17(14-19(20)21(26)30-3)24-22(27)23(10-12-31-13-11-23)16-4-7-18(8-5-16)25(28)29/h4-9,14-15H,10-13H2,1-3H3,(H,24,27). The van der Waals surface area contributed by atoms with Gasteiger partial charge < -0.3 is 19.5 Å². The molecule has 2 aromatic carbocycles. The van der Waals surface area contributed by atoms with Crippen molar-refractivity contribution in [2.75, 3.05) is 25.6 Å². The molecular formula is C23H26N2O7. The van der Waals surface area contributed by atoms with E-state index >= 15 is 0 Å². The van der Waals surface area contributed by atoms with Crippen LogP contribution in [0.3, 0.4) is 0 Å². The second kappa shape index (κ2) is 9.78. The summed E-state index contributed by atoms with van der Waals surface area (Å²) in [6.45, 7) is 4.46. The highest BCUT2D eigenvalue weighted by atomic mass is 16.6. The number of methoxy groups -OCH3 is 1. The lowest BCUT2D eigenvalue weighted by Crippen LogP contribution is -2.44. The molecule has 1 saturated heterocycles. The van der Waals surface area contributed by atoms with Crippen LogP contribution in [0.15, 0.2) is 42.5 Å². The molecule has 32 heavy (non-hydrogen) atoms. The van der Waals surface area contributed by atoms with Crippen LogP contribution in [0.4, 0.5) is 11.4 Å². The van der Waals surface area contributed by atoms with Gasteiger partial charge in [-0.1, -0.05) is 12.1 Å². The van der Waals surface area contributed by atoms with E-state index in [1.165, 1.54) is 25.3 Å². The Morgan fingerprint density at radius 2 is 1.78 bits per heavy atom. The molecule has 0 saturated carbocycles. The largest absolute Gasteiger partial charge is 0.490 e. The number of benzene rings is 2. The third-order valence-electron chi connectivity index (χ3n) is 5.42. The minimum atomic E-state index is -0.911. The summed E-state index contributed by atoms with van der Waals surface area (Å²) in [6, 6.07) is 10.8. The predicted molar refractivity (Wildman–Crippen MR) is 117 cm³/mol. The van der Waals surface area contributed by atoms with E-state index in [0.29, 0.717) is 43.1 Å². The number of anilines is 1. The van der Waals surface area contributed by atoms with Crippen LogP contribution >= 0.6 is 0 Å². The molecule has 0 unspecified atom stereocenters. The monoisotopic (exact) mass is 442 g/mol. The maximum atomic E-state index is 13.5. The van der Waals surface area contributed by atoms with Crippen molar-refractivity contribution < 1.29 is 28.7 Å². The molecule has 0 atom stereocenters. The van der Waals surface area contributed by atoms with Gasteiger partial charge in [-0.3, -0.25) is 14.9 Å². The average Bonchev–Trinajstić information content (AvgIpc) is 2.79. The highest BCUT2D eigenvalue weighted by Gasteiger charge is 2.42. The van der Waals surface area contributed by atoms with E-state index in [0.717, 1.165) is 0 Å². The van der Waals surface area contributed by atoms with Gasteiger partial charge in [-0.15, -0.1) is 0 Å². The number of nitro benzene ring substituents is 1. The lowest BCUT2D eigenvalue weighted by molar-refractivity contribution is -0.384. The molecule has 0 aliphatic carbocycles. The van der Waals surface area contributed by atoms with Gasteiger partial charge in [-0.2, -0.15) is 0 Å². The van der Waals surface area contributed by atoms with E-state index in [2.05, 4.69) is 5.32 Å². The Morgan fingerprint density at radius 1 is 1.12 bits per heavy atom. The van der Waals surface area contributed by atoms with Gasteiger partial charge >= 0.3 is 5.97 Å². The number of nitrogens with zero attached hydrogens (tertiary/aromatic N) is 1. The van der Waals surface area contributed by atoms with E-state index in [1.54, 1.807) is 24.3 Å². The summed E-state index contributed by atoms with van der Waals surface area (Å²) in [5.74, 6) is -0.489. The maximum absolute atomic E-state index is 13.5. The Balaban J connectivity index is 1.93. The Bertz CT molecular complexity index is 996. The van der Waals surface area contributed by atoms with Gasteiger partial charge in [0.1, 0.15) is 11.3 Å². The summed E-state index contributed by atoms with van der Waals surface area (Å²) in [4.78, 5) is 36.2. The molecule has 0 spiro atoms. The van der Waals surface area contributed by atoms with Crippen LogP contribution in [0.25, 0.3) is 0 Å². The smallest absolute Gasteiger partial charge is 0.341 e. The average molecular weight is 442 g/mol. The zero-order valence-corrected chi connectivity index (χ0v) is 18.3. The van der Waals surface area contributed by atoms with Gasteiger partial charge in [0.15, 0.2) is 0 Å². The van der Waals surface area contributed by atoms with Crippen molar-refractivity contribution in [3.05, 3.63) is 63.7 Å². The number of carbonyl (C=O) groups excluding carboxylic acids is 2. The van der Waals surface area contributed by atoms with Crippen molar-refractivity contribution in [3.8, 4) is 5.75 Å². The first-order valence-corrected chi connectivity index (χ1v) is 10.3. The number of nitro groups is 1. The topological polar surface area (TPSA) is 117 Å². The SMILES string of the molecule is COC(=O)c1cc(NC(=O)C2(c3ccc([N+](=O)[O-])cc3)CCOCC2)ccc1OC(C)C. The van der Waals surface area contributed by atoms with Crippen LogP contribution in [0.5, 0.6) is 5.75 Å². The molecule has 3 rings (SSSR count). The minimum absolute atomic E-state index is 0.0418. The highest BCUT2D eigenvalue weighted by molar-refractivity contribution is 6.01.